The van der Waals surface area contributed by atoms with Crippen LogP contribution in [0.15, 0.2) is 46.5 Å². The highest BCUT2D eigenvalue weighted by Gasteiger charge is 2.25. The van der Waals surface area contributed by atoms with Gasteiger partial charge >= 0.3 is 0 Å². The van der Waals surface area contributed by atoms with Crippen LogP contribution in [0.2, 0.25) is 0 Å². The number of anilines is 1. The molecule has 11 nitrogen and oxygen atoms in total. The van der Waals surface area contributed by atoms with E-state index in [0.29, 0.717) is 62.8 Å². The van der Waals surface area contributed by atoms with Gasteiger partial charge in [-0.05, 0) is 55.5 Å². The van der Waals surface area contributed by atoms with E-state index in [1.807, 2.05) is 30.3 Å². The molecule has 2 aromatic rings. The smallest absolute Gasteiger partial charge is 0.262 e. The quantitative estimate of drug-likeness (QED) is 0.0606. The summed E-state index contributed by atoms with van der Waals surface area (Å²) in [5.74, 6) is 5.88. The van der Waals surface area contributed by atoms with Crippen molar-refractivity contribution in [3.05, 3.63) is 53.1 Å². The van der Waals surface area contributed by atoms with Gasteiger partial charge in [-0.2, -0.15) is 5.10 Å². The normalized spacial score (nSPS) is 15.8. The van der Waals surface area contributed by atoms with Crippen molar-refractivity contribution in [1.29, 1.82) is 0 Å². The molecule has 44 heavy (non-hydrogen) atoms. The summed E-state index contributed by atoms with van der Waals surface area (Å²) in [6.45, 7) is 2.83. The minimum Gasteiger partial charge on any atom is -0.506 e. The van der Waals surface area contributed by atoms with Gasteiger partial charge in [-0.15, -0.1) is 0 Å². The van der Waals surface area contributed by atoms with Crippen LogP contribution in [-0.4, -0.2) is 86.3 Å². The van der Waals surface area contributed by atoms with Crippen LogP contribution in [0.1, 0.15) is 61.6 Å². The fourth-order valence-corrected chi connectivity index (χ4v) is 5.83. The highest BCUT2D eigenvalue weighted by Crippen LogP contribution is 2.39. The first-order valence-corrected chi connectivity index (χ1v) is 15.6. The minimum atomic E-state index is -0.281. The maximum Gasteiger partial charge on any atom is 0.262 e. The number of phenolic OH excluding ortho intramolecular Hbond substituents is 1. The lowest BCUT2D eigenvalue weighted by atomic mass is 10.1. The van der Waals surface area contributed by atoms with Crippen LogP contribution >= 0.6 is 0 Å². The van der Waals surface area contributed by atoms with Gasteiger partial charge in [0, 0.05) is 38.0 Å². The lowest BCUT2D eigenvalue weighted by molar-refractivity contribution is -0.135. The molecule has 1 heterocycles. The van der Waals surface area contributed by atoms with Crippen molar-refractivity contribution >= 4 is 29.4 Å². The van der Waals surface area contributed by atoms with Crippen LogP contribution in [0.4, 0.5) is 5.69 Å². The molecule has 0 unspecified atom stereocenters. The van der Waals surface area contributed by atoms with Crippen molar-refractivity contribution in [2.24, 2.45) is 15.9 Å². The zero-order valence-corrected chi connectivity index (χ0v) is 25.7. The fourth-order valence-electron chi connectivity index (χ4n) is 5.83. The number of nitrogens with two attached hydrogens (primary N) is 1. The van der Waals surface area contributed by atoms with Gasteiger partial charge in [-0.3, -0.25) is 14.6 Å². The number of hydrogen-bond donors (Lipinski definition) is 4. The van der Waals surface area contributed by atoms with Gasteiger partial charge in [0.15, 0.2) is 12.4 Å². The van der Waals surface area contributed by atoms with Gasteiger partial charge in [0.2, 0.25) is 5.91 Å². The maximum absolute atomic E-state index is 13.4. The van der Waals surface area contributed by atoms with E-state index in [2.05, 4.69) is 25.6 Å². The molecule has 0 radical (unpaired) electrons. The van der Waals surface area contributed by atoms with E-state index in [1.165, 1.54) is 12.8 Å². The number of nitrogens with zero attached hydrogens (tertiary/aromatic N) is 3. The average molecular weight is 607 g/mol. The lowest BCUT2D eigenvalue weighted by Gasteiger charge is -2.31. The van der Waals surface area contributed by atoms with E-state index in [-0.39, 0.29) is 30.2 Å². The predicted molar refractivity (Wildman–Crippen MR) is 173 cm³/mol. The SMILES string of the molecule is CN=CC(=NN)c1cccc(CCOCCC(=O)N(CCNCCc2ccc(O)c3c2OCC(=O)N3)C2CCCCCC2)c1. The molecule has 0 bridgehead atoms. The van der Waals surface area contributed by atoms with Crippen molar-refractivity contribution in [1.82, 2.24) is 10.2 Å². The number of carbonyl (C=O) groups is 2. The van der Waals surface area contributed by atoms with E-state index in [1.54, 1.807) is 19.3 Å². The highest BCUT2D eigenvalue weighted by atomic mass is 16.5. The molecule has 2 aliphatic rings. The number of amides is 2. The first-order chi connectivity index (χ1) is 21.5. The van der Waals surface area contributed by atoms with Gasteiger partial charge in [0.05, 0.1) is 19.6 Å². The Morgan fingerprint density at radius 2 is 1.98 bits per heavy atom. The Morgan fingerprint density at radius 3 is 2.75 bits per heavy atom. The first kappa shape index (κ1) is 32.9. The third-order valence-electron chi connectivity index (χ3n) is 8.12. The van der Waals surface area contributed by atoms with Crippen molar-refractivity contribution in [2.75, 3.05) is 51.8 Å². The van der Waals surface area contributed by atoms with E-state index in [9.17, 15) is 14.7 Å². The van der Waals surface area contributed by atoms with Crippen molar-refractivity contribution in [2.45, 2.75) is 63.8 Å². The maximum atomic E-state index is 13.4. The zero-order valence-electron chi connectivity index (χ0n) is 25.7. The number of carbonyl (C=O) groups excluding carboxylic acids is 2. The molecule has 1 aliphatic carbocycles. The summed E-state index contributed by atoms with van der Waals surface area (Å²) >= 11 is 0. The summed E-state index contributed by atoms with van der Waals surface area (Å²) in [5, 5.41) is 20.1. The molecule has 5 N–H and O–H groups in total. The van der Waals surface area contributed by atoms with E-state index in [4.69, 9.17) is 15.3 Å². The molecular formula is C33H46N6O5. The molecule has 2 amide bonds. The number of ether oxygens (including phenoxy) is 2. The second kappa shape index (κ2) is 17.4. The molecule has 1 saturated carbocycles. The van der Waals surface area contributed by atoms with Gasteiger partial charge in [-0.1, -0.05) is 49.9 Å². The number of fused-ring (bicyclic) bond motifs is 1. The fraction of sp³-hybridized carbons (Fsp3) is 0.515. The molecule has 0 aromatic heterocycles. The third kappa shape index (κ3) is 9.52. The van der Waals surface area contributed by atoms with Crippen LogP contribution in [-0.2, 0) is 27.2 Å². The van der Waals surface area contributed by atoms with Crippen LogP contribution in [0.3, 0.4) is 0 Å². The Bertz CT molecular complexity index is 1310. The molecule has 1 fully saturated rings. The average Bonchev–Trinajstić information content (AvgIpc) is 3.32. The topological polar surface area (TPSA) is 151 Å². The summed E-state index contributed by atoms with van der Waals surface area (Å²) < 4.78 is 11.5. The molecule has 11 heteroatoms. The lowest BCUT2D eigenvalue weighted by Crippen LogP contribution is -2.44. The summed E-state index contributed by atoms with van der Waals surface area (Å²) in [6, 6.07) is 11.6. The van der Waals surface area contributed by atoms with Crippen molar-refractivity contribution < 1.29 is 24.2 Å². The Morgan fingerprint density at radius 1 is 1.16 bits per heavy atom. The van der Waals surface area contributed by atoms with Gasteiger partial charge in [0.25, 0.3) is 5.91 Å². The van der Waals surface area contributed by atoms with Crippen LogP contribution in [0, 0.1) is 0 Å². The summed E-state index contributed by atoms with van der Waals surface area (Å²) in [5.41, 5.74) is 3.88. The largest absolute Gasteiger partial charge is 0.506 e. The molecule has 2 aromatic carbocycles. The van der Waals surface area contributed by atoms with Crippen molar-refractivity contribution in [3.8, 4) is 11.5 Å². The zero-order chi connectivity index (χ0) is 31.1. The molecule has 238 valence electrons. The van der Waals surface area contributed by atoms with Crippen LogP contribution < -0.4 is 21.2 Å². The summed E-state index contributed by atoms with van der Waals surface area (Å²) in [6.07, 6.45) is 10.2. The number of aliphatic imine (C=N–C) groups is 1. The van der Waals surface area contributed by atoms with Gasteiger partial charge < -0.3 is 36.0 Å². The summed E-state index contributed by atoms with van der Waals surface area (Å²) in [7, 11) is 1.68. The number of aromatic hydroxyl groups is 1. The van der Waals surface area contributed by atoms with Crippen LogP contribution in [0.5, 0.6) is 11.5 Å². The predicted octanol–water partition coefficient (Wildman–Crippen LogP) is 3.42. The number of nitrogens with one attached hydrogen (secondary N) is 2. The monoisotopic (exact) mass is 606 g/mol. The summed E-state index contributed by atoms with van der Waals surface area (Å²) in [4.78, 5) is 31.1. The molecule has 0 saturated heterocycles. The molecule has 1 aliphatic heterocycles. The second-order valence-corrected chi connectivity index (χ2v) is 11.2. The Hall–Kier alpha value is -3.96. The van der Waals surface area contributed by atoms with E-state index < -0.39 is 0 Å². The van der Waals surface area contributed by atoms with E-state index in [0.717, 1.165) is 48.8 Å². The first-order valence-electron chi connectivity index (χ1n) is 15.6. The Balaban J connectivity index is 1.23. The Labute approximate surface area is 259 Å². The van der Waals surface area contributed by atoms with Crippen molar-refractivity contribution in [3.63, 3.8) is 0 Å². The second-order valence-electron chi connectivity index (χ2n) is 11.2. The number of benzene rings is 2. The van der Waals surface area contributed by atoms with Gasteiger partial charge in [-0.25, -0.2) is 0 Å². The van der Waals surface area contributed by atoms with Gasteiger partial charge in [0.1, 0.15) is 17.1 Å². The third-order valence-corrected chi connectivity index (χ3v) is 8.12. The molecular weight excluding hydrogens is 560 g/mol. The Kier molecular flexibility index (Phi) is 13.0. The highest BCUT2D eigenvalue weighted by molar-refractivity contribution is 6.38. The van der Waals surface area contributed by atoms with E-state index >= 15 is 0 Å². The molecule has 0 spiro atoms. The molecule has 4 rings (SSSR count). The number of hydrogen-bond acceptors (Lipinski definition) is 9. The molecule has 0 atom stereocenters. The number of hydrazone groups is 1. The van der Waals surface area contributed by atoms with Crippen LogP contribution in [0.25, 0.3) is 0 Å². The minimum absolute atomic E-state index is 0.00517. The standard InChI is InChI=1S/C33H46N6O5/c1-35-22-28(38-34)26-8-6-7-24(21-26)14-19-43-20-15-31(42)39(27-9-4-2-3-5-10-27)18-17-36-16-13-25-11-12-29(40)32-33(25)44-23-30(41)37-32/h6-8,11-12,21-22,27,36,40H,2-5,9-10,13-20,23,34H2,1H3,(H,37,41). The number of rotatable bonds is 15. The number of phenols is 1.